The smallest absolute Gasteiger partial charge is 0.325 e. The third-order valence-electron chi connectivity index (χ3n) is 4.58. The SMILES string of the molecule is CCC1C(CP(=O)(O)O)CCN(C)C1(CC)C(N)=O. The molecule has 1 aliphatic rings. The molecule has 0 bridgehead atoms. The maximum Gasteiger partial charge on any atom is 0.325 e. The number of nitrogens with two attached hydrogens (primary N) is 1. The fraction of sp³-hybridized carbons (Fsp3) is 0.917. The number of likely N-dealkylation sites (tertiary alicyclic amines) is 1. The van der Waals surface area contributed by atoms with Gasteiger partial charge < -0.3 is 15.5 Å². The molecule has 0 aromatic rings. The zero-order chi connectivity index (χ0) is 14.8. The van der Waals surface area contributed by atoms with Gasteiger partial charge >= 0.3 is 7.60 Å². The summed E-state index contributed by atoms with van der Waals surface area (Å²) in [6, 6.07) is 0. The van der Waals surface area contributed by atoms with E-state index in [1.165, 1.54) is 0 Å². The molecule has 0 spiro atoms. The minimum absolute atomic E-state index is 0.110. The quantitative estimate of drug-likeness (QED) is 0.649. The lowest BCUT2D eigenvalue weighted by Crippen LogP contribution is -2.65. The molecule has 1 heterocycles. The van der Waals surface area contributed by atoms with E-state index in [2.05, 4.69) is 0 Å². The summed E-state index contributed by atoms with van der Waals surface area (Å²) >= 11 is 0. The van der Waals surface area contributed by atoms with E-state index in [0.29, 0.717) is 25.8 Å². The van der Waals surface area contributed by atoms with Crippen LogP contribution < -0.4 is 5.73 Å². The summed E-state index contributed by atoms with van der Waals surface area (Å²) in [5.41, 5.74) is 4.84. The zero-order valence-electron chi connectivity index (χ0n) is 11.9. The fourth-order valence-electron chi connectivity index (χ4n) is 3.71. The predicted octanol–water partition coefficient (Wildman–Crippen LogP) is 0.776. The molecular weight excluding hydrogens is 267 g/mol. The topological polar surface area (TPSA) is 104 Å². The van der Waals surface area contributed by atoms with Crippen molar-refractivity contribution in [3.05, 3.63) is 0 Å². The number of amides is 1. The van der Waals surface area contributed by atoms with Crippen molar-refractivity contribution >= 4 is 13.5 Å². The van der Waals surface area contributed by atoms with Gasteiger partial charge in [-0.05, 0) is 38.3 Å². The average Bonchev–Trinajstić information content (AvgIpc) is 2.28. The van der Waals surface area contributed by atoms with Crippen LogP contribution in [0.2, 0.25) is 0 Å². The Morgan fingerprint density at radius 3 is 2.42 bits per heavy atom. The molecule has 6 nitrogen and oxygen atoms in total. The molecule has 0 radical (unpaired) electrons. The predicted molar refractivity (Wildman–Crippen MR) is 73.6 cm³/mol. The van der Waals surface area contributed by atoms with Crippen molar-refractivity contribution in [3.63, 3.8) is 0 Å². The molecule has 7 heteroatoms. The second-order valence-corrected chi connectivity index (χ2v) is 7.17. The third kappa shape index (κ3) is 3.19. The highest BCUT2D eigenvalue weighted by Crippen LogP contribution is 2.47. The fourth-order valence-corrected chi connectivity index (χ4v) is 4.75. The number of likely N-dealkylation sites (N-methyl/N-ethyl adjacent to an activating group) is 1. The summed E-state index contributed by atoms with van der Waals surface area (Å²) in [7, 11) is -2.21. The minimum atomic E-state index is -4.07. The first kappa shape index (κ1) is 16.6. The van der Waals surface area contributed by atoms with E-state index in [1.54, 1.807) is 0 Å². The summed E-state index contributed by atoms with van der Waals surface area (Å²) in [6.45, 7) is 4.49. The van der Waals surface area contributed by atoms with Crippen LogP contribution in [-0.4, -0.2) is 45.9 Å². The minimum Gasteiger partial charge on any atom is -0.368 e. The van der Waals surface area contributed by atoms with Gasteiger partial charge in [-0.3, -0.25) is 14.3 Å². The van der Waals surface area contributed by atoms with Crippen LogP contribution in [0.1, 0.15) is 33.1 Å². The Kier molecular flexibility index (Phi) is 5.18. The number of nitrogens with zero attached hydrogens (tertiary/aromatic N) is 1. The molecule has 3 atom stereocenters. The second-order valence-electron chi connectivity index (χ2n) is 5.47. The lowest BCUT2D eigenvalue weighted by molar-refractivity contribution is -0.139. The van der Waals surface area contributed by atoms with Crippen LogP contribution in [0.3, 0.4) is 0 Å². The number of carbonyl (C=O) groups excluding carboxylic acids is 1. The Balaban J connectivity index is 3.13. The van der Waals surface area contributed by atoms with Crippen molar-refractivity contribution in [2.24, 2.45) is 17.6 Å². The van der Waals surface area contributed by atoms with Crippen molar-refractivity contribution in [2.75, 3.05) is 19.8 Å². The Morgan fingerprint density at radius 1 is 1.47 bits per heavy atom. The Bertz CT molecular complexity index is 384. The highest BCUT2D eigenvalue weighted by atomic mass is 31.2. The van der Waals surface area contributed by atoms with Crippen molar-refractivity contribution in [2.45, 2.75) is 38.6 Å². The molecule has 0 saturated carbocycles. The number of hydrogen-bond acceptors (Lipinski definition) is 3. The van der Waals surface area contributed by atoms with Crippen molar-refractivity contribution in [1.82, 2.24) is 4.90 Å². The van der Waals surface area contributed by atoms with E-state index in [9.17, 15) is 19.1 Å². The largest absolute Gasteiger partial charge is 0.368 e. The Labute approximate surface area is 114 Å². The van der Waals surface area contributed by atoms with E-state index in [-0.39, 0.29) is 23.9 Å². The van der Waals surface area contributed by atoms with Crippen LogP contribution in [-0.2, 0) is 9.36 Å². The van der Waals surface area contributed by atoms with E-state index < -0.39 is 13.1 Å². The van der Waals surface area contributed by atoms with Gasteiger partial charge in [0.2, 0.25) is 5.91 Å². The van der Waals surface area contributed by atoms with Gasteiger partial charge in [-0.1, -0.05) is 20.3 Å². The van der Waals surface area contributed by atoms with Crippen molar-refractivity contribution in [1.29, 1.82) is 0 Å². The Hall–Kier alpha value is -0.420. The number of rotatable bonds is 5. The number of carbonyl (C=O) groups is 1. The number of primary amides is 1. The molecule has 3 unspecified atom stereocenters. The van der Waals surface area contributed by atoms with Crippen LogP contribution in [0.25, 0.3) is 0 Å². The normalized spacial score (nSPS) is 33.3. The van der Waals surface area contributed by atoms with E-state index >= 15 is 0 Å². The molecule has 1 saturated heterocycles. The molecule has 0 aromatic heterocycles. The van der Waals surface area contributed by atoms with Crippen molar-refractivity contribution < 1.29 is 19.1 Å². The van der Waals surface area contributed by atoms with Crippen LogP contribution in [0.4, 0.5) is 0 Å². The molecule has 4 N–H and O–H groups in total. The molecule has 19 heavy (non-hydrogen) atoms. The van der Waals surface area contributed by atoms with E-state index in [1.807, 2.05) is 25.8 Å². The second kappa shape index (κ2) is 5.92. The van der Waals surface area contributed by atoms with Crippen LogP contribution >= 0.6 is 7.60 Å². The van der Waals surface area contributed by atoms with Crippen LogP contribution in [0, 0.1) is 11.8 Å². The van der Waals surface area contributed by atoms with Gasteiger partial charge in [0, 0.05) is 0 Å². The molecule has 1 aliphatic heterocycles. The van der Waals surface area contributed by atoms with Crippen LogP contribution in [0.15, 0.2) is 0 Å². The first-order chi connectivity index (χ1) is 8.69. The standard InChI is InChI=1S/C12H25N2O4P/c1-4-10-9(8-19(16,17)18)6-7-14(3)12(10,5-2)11(13)15/h9-10H,4-8H2,1-3H3,(H2,13,15)(H2,16,17,18). The first-order valence-corrected chi connectivity index (χ1v) is 8.54. The van der Waals surface area contributed by atoms with Gasteiger partial charge in [-0.25, -0.2) is 0 Å². The summed E-state index contributed by atoms with van der Waals surface area (Å²) in [6.07, 6.45) is 1.78. The van der Waals surface area contributed by atoms with Gasteiger partial charge in [0.1, 0.15) is 5.54 Å². The van der Waals surface area contributed by atoms with Crippen LogP contribution in [0.5, 0.6) is 0 Å². The summed E-state index contributed by atoms with van der Waals surface area (Å²) < 4.78 is 11.3. The van der Waals surface area contributed by atoms with Gasteiger partial charge in [-0.15, -0.1) is 0 Å². The average molecular weight is 292 g/mol. The molecule has 1 fully saturated rings. The summed E-state index contributed by atoms with van der Waals surface area (Å²) in [5.74, 6) is -0.657. The van der Waals surface area contributed by atoms with E-state index in [4.69, 9.17) is 5.73 Å². The summed E-state index contributed by atoms with van der Waals surface area (Å²) in [4.78, 5) is 32.4. The summed E-state index contributed by atoms with van der Waals surface area (Å²) in [5, 5.41) is 0. The first-order valence-electron chi connectivity index (χ1n) is 6.74. The van der Waals surface area contributed by atoms with Gasteiger partial charge in [0.05, 0.1) is 6.16 Å². The molecular formula is C12H25N2O4P. The lowest BCUT2D eigenvalue weighted by atomic mass is 9.68. The van der Waals surface area contributed by atoms with Gasteiger partial charge in [-0.2, -0.15) is 0 Å². The maximum absolute atomic E-state index is 12.0. The number of piperidine rings is 1. The van der Waals surface area contributed by atoms with Gasteiger partial charge in [0.25, 0.3) is 0 Å². The van der Waals surface area contributed by atoms with Gasteiger partial charge in [0.15, 0.2) is 0 Å². The van der Waals surface area contributed by atoms with Crippen molar-refractivity contribution in [3.8, 4) is 0 Å². The Morgan fingerprint density at radius 2 is 2.05 bits per heavy atom. The highest BCUT2D eigenvalue weighted by Gasteiger charge is 2.51. The third-order valence-corrected chi connectivity index (χ3v) is 5.52. The zero-order valence-corrected chi connectivity index (χ0v) is 12.8. The lowest BCUT2D eigenvalue weighted by Gasteiger charge is -2.51. The molecule has 1 amide bonds. The maximum atomic E-state index is 12.0. The van der Waals surface area contributed by atoms with E-state index in [0.717, 1.165) is 0 Å². The molecule has 0 aromatic carbocycles. The molecule has 112 valence electrons. The highest BCUT2D eigenvalue weighted by molar-refractivity contribution is 7.51. The molecule has 1 rings (SSSR count). The number of hydrogen-bond donors (Lipinski definition) is 3. The molecule has 0 aliphatic carbocycles. The monoisotopic (exact) mass is 292 g/mol.